The van der Waals surface area contributed by atoms with E-state index in [0.29, 0.717) is 11.2 Å². The molecule has 0 saturated carbocycles. The fraction of sp³-hybridized carbons (Fsp3) is 0.133. The molecular formula is C15H10F3N3. The van der Waals surface area contributed by atoms with Gasteiger partial charge in [-0.1, -0.05) is 0 Å². The van der Waals surface area contributed by atoms with Crippen molar-refractivity contribution in [2.24, 2.45) is 0 Å². The van der Waals surface area contributed by atoms with E-state index in [1.807, 2.05) is 6.92 Å². The molecule has 2 aromatic heterocycles. The Bertz CT molecular complexity index is 813. The van der Waals surface area contributed by atoms with E-state index in [0.717, 1.165) is 23.3 Å². The Morgan fingerprint density at radius 3 is 2.52 bits per heavy atom. The van der Waals surface area contributed by atoms with Crippen LogP contribution in [-0.2, 0) is 6.18 Å². The summed E-state index contributed by atoms with van der Waals surface area (Å²) in [5, 5.41) is 0. The number of rotatable bonds is 1. The molecule has 0 N–H and O–H groups in total. The van der Waals surface area contributed by atoms with Crippen LogP contribution in [-0.4, -0.2) is 15.0 Å². The summed E-state index contributed by atoms with van der Waals surface area (Å²) >= 11 is 0. The summed E-state index contributed by atoms with van der Waals surface area (Å²) in [6.45, 7) is 1.86. The number of alkyl halides is 3. The molecule has 0 fully saturated rings. The molecule has 0 spiro atoms. The Labute approximate surface area is 118 Å². The Hall–Kier alpha value is -2.50. The van der Waals surface area contributed by atoms with Gasteiger partial charge >= 0.3 is 6.18 Å². The third-order valence-electron chi connectivity index (χ3n) is 3.17. The summed E-state index contributed by atoms with van der Waals surface area (Å²) < 4.78 is 38.2. The van der Waals surface area contributed by atoms with Crippen LogP contribution >= 0.6 is 0 Å². The van der Waals surface area contributed by atoms with E-state index < -0.39 is 11.7 Å². The lowest BCUT2D eigenvalue weighted by atomic mass is 10.1. The van der Waals surface area contributed by atoms with Crippen molar-refractivity contribution in [2.75, 3.05) is 0 Å². The molecule has 0 aliphatic heterocycles. The predicted molar refractivity (Wildman–Crippen MR) is 72.5 cm³/mol. The third kappa shape index (κ3) is 2.56. The predicted octanol–water partition coefficient (Wildman–Crippen LogP) is 4.02. The second kappa shape index (κ2) is 4.80. The molecule has 0 atom stereocenters. The minimum atomic E-state index is -4.39. The largest absolute Gasteiger partial charge is 0.416 e. The molecule has 3 rings (SSSR count). The number of benzene rings is 1. The van der Waals surface area contributed by atoms with Gasteiger partial charge in [0.25, 0.3) is 0 Å². The number of nitrogens with zero attached hydrogens (tertiary/aromatic N) is 3. The molecule has 3 nitrogen and oxygen atoms in total. The summed E-state index contributed by atoms with van der Waals surface area (Å²) in [6.07, 6.45) is 0.448. The number of aryl methyl sites for hydroxylation is 1. The van der Waals surface area contributed by atoms with Gasteiger partial charge in [-0.25, -0.2) is 4.98 Å². The van der Waals surface area contributed by atoms with E-state index in [-0.39, 0.29) is 5.52 Å². The second-order valence-electron chi connectivity index (χ2n) is 4.65. The molecule has 1 aromatic carbocycles. The average molecular weight is 289 g/mol. The van der Waals surface area contributed by atoms with Crippen molar-refractivity contribution in [1.82, 2.24) is 15.0 Å². The van der Waals surface area contributed by atoms with E-state index in [9.17, 15) is 13.2 Å². The Kier molecular flexibility index (Phi) is 3.08. The lowest BCUT2D eigenvalue weighted by molar-refractivity contribution is -0.137. The van der Waals surface area contributed by atoms with Crippen LogP contribution in [0.15, 0.2) is 42.9 Å². The highest BCUT2D eigenvalue weighted by Gasteiger charge is 2.30. The van der Waals surface area contributed by atoms with E-state index in [2.05, 4.69) is 15.0 Å². The summed E-state index contributed by atoms with van der Waals surface area (Å²) in [5.74, 6) is 0. The van der Waals surface area contributed by atoms with Crippen LogP contribution in [0.25, 0.3) is 22.3 Å². The molecule has 21 heavy (non-hydrogen) atoms. The van der Waals surface area contributed by atoms with Crippen molar-refractivity contribution < 1.29 is 13.2 Å². The Morgan fingerprint density at radius 2 is 1.81 bits per heavy atom. The van der Waals surface area contributed by atoms with Gasteiger partial charge in [-0.3, -0.25) is 9.97 Å². The molecule has 0 unspecified atom stereocenters. The van der Waals surface area contributed by atoms with Gasteiger partial charge in [0, 0.05) is 18.0 Å². The fourth-order valence-corrected chi connectivity index (χ4v) is 2.08. The molecule has 0 bridgehead atoms. The highest BCUT2D eigenvalue weighted by atomic mass is 19.4. The van der Waals surface area contributed by atoms with E-state index >= 15 is 0 Å². The zero-order valence-electron chi connectivity index (χ0n) is 11.0. The Morgan fingerprint density at radius 1 is 1.00 bits per heavy atom. The molecule has 0 saturated heterocycles. The zero-order valence-corrected chi connectivity index (χ0v) is 11.0. The maximum atomic E-state index is 12.7. The lowest BCUT2D eigenvalue weighted by Gasteiger charge is -2.08. The summed E-state index contributed by atoms with van der Waals surface area (Å²) in [4.78, 5) is 12.4. The van der Waals surface area contributed by atoms with Crippen LogP contribution in [0.2, 0.25) is 0 Å². The van der Waals surface area contributed by atoms with E-state index in [1.54, 1.807) is 24.7 Å². The molecule has 3 aromatic rings. The van der Waals surface area contributed by atoms with Crippen LogP contribution in [0.4, 0.5) is 13.2 Å². The smallest absolute Gasteiger partial charge is 0.264 e. The van der Waals surface area contributed by atoms with Gasteiger partial charge in [-0.2, -0.15) is 13.2 Å². The number of hydrogen-bond donors (Lipinski definition) is 0. The number of hydrogen-bond acceptors (Lipinski definition) is 3. The lowest BCUT2D eigenvalue weighted by Crippen LogP contribution is -2.05. The molecule has 2 heterocycles. The minimum Gasteiger partial charge on any atom is -0.264 e. The quantitative estimate of drug-likeness (QED) is 0.679. The van der Waals surface area contributed by atoms with Gasteiger partial charge in [0.15, 0.2) is 0 Å². The fourth-order valence-electron chi connectivity index (χ4n) is 2.08. The van der Waals surface area contributed by atoms with Crippen LogP contribution in [0, 0.1) is 6.92 Å². The molecule has 106 valence electrons. The number of aromatic nitrogens is 3. The van der Waals surface area contributed by atoms with Crippen molar-refractivity contribution in [2.45, 2.75) is 13.1 Å². The van der Waals surface area contributed by atoms with Gasteiger partial charge in [0.1, 0.15) is 0 Å². The zero-order chi connectivity index (χ0) is 15.0. The first-order chi connectivity index (χ1) is 9.95. The minimum absolute atomic E-state index is 0.221. The third-order valence-corrected chi connectivity index (χ3v) is 3.17. The van der Waals surface area contributed by atoms with Crippen molar-refractivity contribution in [3.05, 3.63) is 54.0 Å². The van der Waals surface area contributed by atoms with Crippen LogP contribution in [0.3, 0.4) is 0 Å². The van der Waals surface area contributed by atoms with E-state index in [1.165, 1.54) is 6.07 Å². The normalized spacial score (nSPS) is 11.8. The first kappa shape index (κ1) is 13.5. The van der Waals surface area contributed by atoms with Gasteiger partial charge in [-0.15, -0.1) is 0 Å². The van der Waals surface area contributed by atoms with Crippen molar-refractivity contribution in [3.8, 4) is 11.3 Å². The highest BCUT2D eigenvalue weighted by molar-refractivity contribution is 5.78. The van der Waals surface area contributed by atoms with Crippen LogP contribution in [0.5, 0.6) is 0 Å². The van der Waals surface area contributed by atoms with Crippen LogP contribution in [0.1, 0.15) is 11.1 Å². The van der Waals surface area contributed by atoms with Gasteiger partial charge in [-0.05, 0) is 36.8 Å². The average Bonchev–Trinajstić information content (AvgIpc) is 2.45. The molecule has 0 radical (unpaired) electrons. The molecular weight excluding hydrogens is 279 g/mol. The maximum absolute atomic E-state index is 12.7. The summed E-state index contributed by atoms with van der Waals surface area (Å²) in [5.41, 5.74) is 2.14. The highest BCUT2D eigenvalue weighted by Crippen LogP contribution is 2.31. The molecule has 0 aliphatic carbocycles. The van der Waals surface area contributed by atoms with Crippen LogP contribution < -0.4 is 0 Å². The second-order valence-corrected chi connectivity index (χ2v) is 4.65. The first-order valence-corrected chi connectivity index (χ1v) is 6.20. The van der Waals surface area contributed by atoms with Gasteiger partial charge in [0.2, 0.25) is 0 Å². The number of fused-ring (bicyclic) bond motifs is 1. The van der Waals surface area contributed by atoms with Gasteiger partial charge in [0.05, 0.1) is 28.5 Å². The van der Waals surface area contributed by atoms with Crippen molar-refractivity contribution in [3.63, 3.8) is 0 Å². The SMILES string of the molecule is Cc1cnccc1-c1cnc2ccc(C(F)(F)F)cc2n1. The maximum Gasteiger partial charge on any atom is 0.416 e. The Balaban J connectivity index is 2.17. The topological polar surface area (TPSA) is 38.7 Å². The van der Waals surface area contributed by atoms with Gasteiger partial charge < -0.3 is 0 Å². The monoisotopic (exact) mass is 289 g/mol. The molecule has 0 amide bonds. The van der Waals surface area contributed by atoms with E-state index in [4.69, 9.17) is 0 Å². The summed E-state index contributed by atoms with van der Waals surface area (Å²) in [6, 6.07) is 5.11. The molecule has 0 aliphatic rings. The summed E-state index contributed by atoms with van der Waals surface area (Å²) in [7, 11) is 0. The van der Waals surface area contributed by atoms with Crippen molar-refractivity contribution in [1.29, 1.82) is 0 Å². The first-order valence-electron chi connectivity index (χ1n) is 6.20. The standard InChI is InChI=1S/C15H10F3N3/c1-9-7-19-5-4-11(9)14-8-20-12-3-2-10(15(16,17)18)6-13(12)21-14/h2-8H,1H3. The molecule has 6 heteroatoms. The van der Waals surface area contributed by atoms with Crippen molar-refractivity contribution >= 4 is 11.0 Å². The number of pyridine rings is 1. The number of halogens is 3.